The van der Waals surface area contributed by atoms with Crippen molar-refractivity contribution in [1.29, 1.82) is 0 Å². The zero-order chi connectivity index (χ0) is 17.8. The van der Waals surface area contributed by atoms with E-state index in [0.29, 0.717) is 0 Å². The van der Waals surface area contributed by atoms with Gasteiger partial charge in [-0.2, -0.15) is 4.98 Å². The fraction of sp³-hybridized carbons (Fsp3) is 0.474. The van der Waals surface area contributed by atoms with Crippen LogP contribution in [0.5, 0.6) is 0 Å². The van der Waals surface area contributed by atoms with Gasteiger partial charge >= 0.3 is 0 Å². The molecule has 1 aromatic carbocycles. The lowest BCUT2D eigenvalue weighted by Crippen LogP contribution is -2.37. The average Bonchev–Trinajstić information content (AvgIpc) is 2.69. The Kier molecular flexibility index (Phi) is 5.17. The predicted molar refractivity (Wildman–Crippen MR) is 103 cm³/mol. The van der Waals surface area contributed by atoms with Gasteiger partial charge in [-0.15, -0.1) is 0 Å². The first-order valence-corrected chi connectivity index (χ1v) is 9.17. The average molecular weight is 355 g/mol. The summed E-state index contributed by atoms with van der Waals surface area (Å²) in [5.74, 6) is 1.58. The summed E-state index contributed by atoms with van der Waals surface area (Å²) in [6.45, 7) is 8.44. The van der Waals surface area contributed by atoms with Crippen molar-refractivity contribution < 1.29 is 9.47 Å². The van der Waals surface area contributed by atoms with Gasteiger partial charge in [0.2, 0.25) is 5.95 Å². The molecule has 138 valence electrons. The highest BCUT2D eigenvalue weighted by molar-refractivity contribution is 5.74. The van der Waals surface area contributed by atoms with Crippen LogP contribution in [0.15, 0.2) is 30.3 Å². The number of hydrogen-bond donors (Lipinski definition) is 1. The summed E-state index contributed by atoms with van der Waals surface area (Å²) in [7, 11) is 0. The number of nitrogens with zero attached hydrogens (tertiary/aromatic N) is 4. The summed E-state index contributed by atoms with van der Waals surface area (Å²) >= 11 is 0. The molecule has 7 nitrogen and oxygen atoms in total. The lowest BCUT2D eigenvalue weighted by molar-refractivity contribution is 0.122. The first kappa shape index (κ1) is 17.1. The van der Waals surface area contributed by atoms with Crippen LogP contribution in [0.25, 0.3) is 0 Å². The van der Waals surface area contributed by atoms with E-state index < -0.39 is 0 Å². The third-order valence-corrected chi connectivity index (χ3v) is 4.65. The van der Waals surface area contributed by atoms with Crippen LogP contribution in [0.4, 0.5) is 23.1 Å². The van der Waals surface area contributed by atoms with Crippen molar-refractivity contribution in [2.45, 2.75) is 6.92 Å². The number of nitrogens with one attached hydrogen (secondary N) is 1. The molecule has 0 amide bonds. The Hall–Kier alpha value is -2.38. The molecule has 0 unspecified atom stereocenters. The number of anilines is 4. The minimum absolute atomic E-state index is 0.722. The number of ether oxygens (including phenoxy) is 2. The van der Waals surface area contributed by atoms with E-state index in [-0.39, 0.29) is 0 Å². The second-order valence-electron chi connectivity index (χ2n) is 6.54. The molecule has 0 radical (unpaired) electrons. The van der Waals surface area contributed by atoms with Crippen LogP contribution < -0.4 is 15.1 Å². The number of para-hydroxylation sites is 2. The van der Waals surface area contributed by atoms with Crippen LogP contribution in [0.3, 0.4) is 0 Å². The van der Waals surface area contributed by atoms with Gasteiger partial charge < -0.3 is 24.6 Å². The number of morpholine rings is 2. The number of rotatable bonds is 4. The highest BCUT2D eigenvalue weighted by Crippen LogP contribution is 2.29. The lowest BCUT2D eigenvalue weighted by Gasteiger charge is -2.31. The highest BCUT2D eigenvalue weighted by atomic mass is 16.5. The summed E-state index contributed by atoms with van der Waals surface area (Å²) in [4.78, 5) is 13.9. The zero-order valence-electron chi connectivity index (χ0n) is 15.1. The smallest absolute Gasteiger partial charge is 0.227 e. The van der Waals surface area contributed by atoms with Crippen LogP contribution in [0.1, 0.15) is 5.69 Å². The number of aromatic nitrogens is 2. The molecule has 26 heavy (non-hydrogen) atoms. The molecule has 7 heteroatoms. The summed E-state index contributed by atoms with van der Waals surface area (Å²) in [5, 5.41) is 3.50. The third-order valence-electron chi connectivity index (χ3n) is 4.65. The Labute approximate surface area is 153 Å². The van der Waals surface area contributed by atoms with Gasteiger partial charge in [-0.3, -0.25) is 0 Å². The Morgan fingerprint density at radius 3 is 2.27 bits per heavy atom. The van der Waals surface area contributed by atoms with Gasteiger partial charge in [0.05, 0.1) is 37.8 Å². The lowest BCUT2D eigenvalue weighted by atomic mass is 10.2. The second-order valence-corrected chi connectivity index (χ2v) is 6.54. The molecule has 0 aliphatic carbocycles. The van der Waals surface area contributed by atoms with E-state index in [1.54, 1.807) is 0 Å². The normalized spacial score (nSPS) is 18.0. The largest absolute Gasteiger partial charge is 0.378 e. The fourth-order valence-electron chi connectivity index (χ4n) is 3.32. The van der Waals surface area contributed by atoms with Gasteiger partial charge in [-0.1, -0.05) is 12.1 Å². The van der Waals surface area contributed by atoms with Crippen molar-refractivity contribution in [3.05, 3.63) is 36.0 Å². The SMILES string of the molecule is Cc1cc(Nc2ccccc2N2CCOCC2)nc(N2CCOCC2)n1. The molecule has 4 rings (SSSR count). The standard InChI is InChI=1S/C19H25N5O2/c1-15-14-18(22-19(20-15)24-8-12-26-13-9-24)21-16-4-2-3-5-17(16)23-6-10-25-11-7-23/h2-5,14H,6-13H2,1H3,(H,20,21,22). The first-order valence-electron chi connectivity index (χ1n) is 9.17. The quantitative estimate of drug-likeness (QED) is 0.902. The molecule has 0 atom stereocenters. The molecule has 3 heterocycles. The van der Waals surface area contributed by atoms with Gasteiger partial charge in [0, 0.05) is 37.9 Å². The van der Waals surface area contributed by atoms with Crippen LogP contribution in [0, 0.1) is 6.92 Å². The summed E-state index contributed by atoms with van der Waals surface area (Å²) in [6, 6.07) is 10.3. The van der Waals surface area contributed by atoms with Gasteiger partial charge in [0.1, 0.15) is 5.82 Å². The Morgan fingerprint density at radius 1 is 0.885 bits per heavy atom. The van der Waals surface area contributed by atoms with E-state index in [2.05, 4.69) is 38.3 Å². The van der Waals surface area contributed by atoms with Crippen molar-refractivity contribution in [2.24, 2.45) is 0 Å². The van der Waals surface area contributed by atoms with Gasteiger partial charge in [0.15, 0.2) is 0 Å². The second kappa shape index (κ2) is 7.88. The summed E-state index contributed by atoms with van der Waals surface area (Å²) in [5.41, 5.74) is 3.19. The van der Waals surface area contributed by atoms with E-state index in [0.717, 1.165) is 75.8 Å². The minimum Gasteiger partial charge on any atom is -0.378 e. The van der Waals surface area contributed by atoms with E-state index in [1.807, 2.05) is 19.1 Å². The van der Waals surface area contributed by atoms with Crippen molar-refractivity contribution in [3.8, 4) is 0 Å². The molecule has 2 aromatic rings. The van der Waals surface area contributed by atoms with E-state index >= 15 is 0 Å². The van der Waals surface area contributed by atoms with Crippen molar-refractivity contribution >= 4 is 23.1 Å². The Bertz CT molecular complexity index is 742. The molecular weight excluding hydrogens is 330 g/mol. The van der Waals surface area contributed by atoms with E-state index in [4.69, 9.17) is 14.5 Å². The number of aryl methyl sites for hydroxylation is 1. The Morgan fingerprint density at radius 2 is 1.54 bits per heavy atom. The maximum atomic E-state index is 5.48. The first-order chi connectivity index (χ1) is 12.8. The van der Waals surface area contributed by atoms with Crippen molar-refractivity contribution in [1.82, 2.24) is 9.97 Å². The molecular formula is C19H25N5O2. The van der Waals surface area contributed by atoms with Gasteiger partial charge in [0.25, 0.3) is 0 Å². The maximum absolute atomic E-state index is 5.48. The van der Waals surface area contributed by atoms with Gasteiger partial charge in [-0.05, 0) is 19.1 Å². The molecule has 0 bridgehead atoms. The molecule has 1 aromatic heterocycles. The van der Waals surface area contributed by atoms with Crippen LogP contribution in [-0.4, -0.2) is 62.6 Å². The van der Waals surface area contributed by atoms with Gasteiger partial charge in [-0.25, -0.2) is 4.98 Å². The fourth-order valence-corrected chi connectivity index (χ4v) is 3.32. The summed E-state index contributed by atoms with van der Waals surface area (Å²) in [6.07, 6.45) is 0. The summed E-state index contributed by atoms with van der Waals surface area (Å²) < 4.78 is 10.9. The van der Waals surface area contributed by atoms with Crippen LogP contribution in [0.2, 0.25) is 0 Å². The van der Waals surface area contributed by atoms with Crippen LogP contribution >= 0.6 is 0 Å². The predicted octanol–water partition coefficient (Wildman–Crippen LogP) is 2.20. The Balaban J connectivity index is 1.58. The molecule has 0 spiro atoms. The molecule has 2 aliphatic rings. The monoisotopic (exact) mass is 355 g/mol. The van der Waals surface area contributed by atoms with Crippen LogP contribution in [-0.2, 0) is 9.47 Å². The number of benzene rings is 1. The molecule has 2 saturated heterocycles. The molecule has 0 saturated carbocycles. The van der Waals surface area contributed by atoms with Crippen molar-refractivity contribution in [2.75, 3.05) is 67.7 Å². The molecule has 1 N–H and O–H groups in total. The topological polar surface area (TPSA) is 62.8 Å². The van der Waals surface area contributed by atoms with E-state index in [9.17, 15) is 0 Å². The third kappa shape index (κ3) is 3.89. The highest BCUT2D eigenvalue weighted by Gasteiger charge is 2.17. The van der Waals surface area contributed by atoms with E-state index in [1.165, 1.54) is 5.69 Å². The zero-order valence-corrected chi connectivity index (χ0v) is 15.1. The van der Waals surface area contributed by atoms with Crippen molar-refractivity contribution in [3.63, 3.8) is 0 Å². The maximum Gasteiger partial charge on any atom is 0.227 e. The molecule has 2 fully saturated rings. The molecule has 2 aliphatic heterocycles. The number of hydrogen-bond acceptors (Lipinski definition) is 7. The minimum atomic E-state index is 0.722.